The van der Waals surface area contributed by atoms with E-state index in [9.17, 15) is 19.1 Å². The molecule has 0 spiro atoms. The average Bonchev–Trinajstić information content (AvgIpc) is 3.41. The van der Waals surface area contributed by atoms with Crippen LogP contribution in [0.2, 0.25) is 0 Å². The lowest BCUT2D eigenvalue weighted by molar-refractivity contribution is -0.141. The lowest BCUT2D eigenvalue weighted by atomic mass is 9.85. The summed E-state index contributed by atoms with van der Waals surface area (Å²) in [5.74, 6) is 0.198. The van der Waals surface area contributed by atoms with E-state index in [4.69, 9.17) is 4.74 Å². The van der Waals surface area contributed by atoms with Gasteiger partial charge in [0.25, 0.3) is 5.56 Å². The van der Waals surface area contributed by atoms with Gasteiger partial charge in [-0.05, 0) is 68.9 Å². The lowest BCUT2D eigenvalue weighted by Crippen LogP contribution is -2.51. The van der Waals surface area contributed by atoms with Crippen LogP contribution in [0.3, 0.4) is 0 Å². The summed E-state index contributed by atoms with van der Waals surface area (Å²) in [6, 6.07) is 9.32. The molecule has 0 unspecified atom stereocenters. The molecule has 2 fully saturated rings. The van der Waals surface area contributed by atoms with Crippen molar-refractivity contribution in [3.8, 4) is 11.6 Å². The number of carbonyl (C=O) groups excluding carboxylic acids is 1. The number of hydrogen-bond donors (Lipinski definition) is 1. The maximum atomic E-state index is 13.3. The van der Waals surface area contributed by atoms with Crippen LogP contribution in [-0.2, 0) is 11.3 Å². The van der Waals surface area contributed by atoms with E-state index in [0.29, 0.717) is 48.5 Å². The van der Waals surface area contributed by atoms with Crippen LogP contribution < -0.4 is 10.3 Å². The molecule has 1 saturated heterocycles. The fraction of sp³-hybridized carbons (Fsp3) is 0.429. The third-order valence-electron chi connectivity index (χ3n) is 7.95. The Bertz CT molecular complexity index is 1540. The molecule has 6 rings (SSSR count). The van der Waals surface area contributed by atoms with Gasteiger partial charge in [-0.1, -0.05) is 0 Å². The van der Waals surface area contributed by atoms with Gasteiger partial charge in [0.05, 0.1) is 24.0 Å². The van der Waals surface area contributed by atoms with Crippen LogP contribution in [0, 0.1) is 11.7 Å². The summed E-state index contributed by atoms with van der Waals surface area (Å²) in [6.45, 7) is 0.930. The van der Waals surface area contributed by atoms with Crippen LogP contribution in [0.4, 0.5) is 4.39 Å². The quantitative estimate of drug-likeness (QED) is 0.390. The van der Waals surface area contributed by atoms with E-state index in [0.717, 1.165) is 25.7 Å². The highest BCUT2D eigenvalue weighted by atomic mass is 19.1. The predicted octanol–water partition coefficient (Wildman–Crippen LogP) is 2.50. The van der Waals surface area contributed by atoms with Crippen LogP contribution in [0.5, 0.6) is 5.88 Å². The van der Waals surface area contributed by atoms with Crippen molar-refractivity contribution in [2.45, 2.75) is 56.8 Å². The zero-order valence-electron chi connectivity index (χ0n) is 21.9. The van der Waals surface area contributed by atoms with Gasteiger partial charge < -0.3 is 14.7 Å². The molecule has 1 N–H and O–H groups in total. The van der Waals surface area contributed by atoms with Gasteiger partial charge in [0.2, 0.25) is 11.8 Å². The average molecular weight is 548 g/mol. The molecule has 2 aliphatic rings. The number of nitrogens with zero attached hydrogens (tertiary/aromatic N) is 7. The van der Waals surface area contributed by atoms with Crippen molar-refractivity contribution in [3.63, 3.8) is 0 Å². The minimum Gasteiger partial charge on any atom is -0.473 e. The van der Waals surface area contributed by atoms with Crippen molar-refractivity contribution in [1.82, 2.24) is 34.4 Å². The lowest BCUT2D eigenvalue weighted by Gasteiger charge is -2.40. The summed E-state index contributed by atoms with van der Waals surface area (Å²) >= 11 is 0. The number of piperidine rings is 1. The Morgan fingerprint density at radius 1 is 1.10 bits per heavy atom. The standard InChI is InChI=1S/C28H30FN7O4/c29-20-5-7-21(8-6-20)36-25-23(16-32-36)27(38)35(18-30-25)17-28(39)11-14-34(15-12-28)26(37)19-3-9-22(10-4-19)40-24-2-1-13-31-33-24/h1-2,5-8,13,16,18-19,22,39H,3-4,9-12,14-15,17H2/t19-,22-. The summed E-state index contributed by atoms with van der Waals surface area (Å²) in [4.78, 5) is 32.6. The molecule has 1 saturated carbocycles. The van der Waals surface area contributed by atoms with E-state index in [1.54, 1.807) is 30.5 Å². The summed E-state index contributed by atoms with van der Waals surface area (Å²) in [5.41, 5.74) is -0.503. The van der Waals surface area contributed by atoms with Gasteiger partial charge in [0.1, 0.15) is 23.6 Å². The number of halogens is 1. The molecule has 0 radical (unpaired) electrons. The Hall–Kier alpha value is -4.19. The first-order chi connectivity index (χ1) is 19.4. The van der Waals surface area contributed by atoms with E-state index in [2.05, 4.69) is 20.3 Å². The predicted molar refractivity (Wildman–Crippen MR) is 142 cm³/mol. The van der Waals surface area contributed by atoms with Crippen LogP contribution in [0.1, 0.15) is 38.5 Å². The molecule has 11 nitrogen and oxygen atoms in total. The zero-order chi connectivity index (χ0) is 27.7. The molecule has 208 valence electrons. The monoisotopic (exact) mass is 547 g/mol. The maximum Gasteiger partial charge on any atom is 0.264 e. The molecule has 1 amide bonds. The molecule has 1 aliphatic carbocycles. The van der Waals surface area contributed by atoms with Crippen molar-refractivity contribution in [2.75, 3.05) is 13.1 Å². The molecule has 4 heterocycles. The number of aliphatic hydroxyl groups is 1. The highest BCUT2D eigenvalue weighted by molar-refractivity contribution is 5.79. The van der Waals surface area contributed by atoms with Gasteiger partial charge in [-0.2, -0.15) is 10.2 Å². The van der Waals surface area contributed by atoms with E-state index < -0.39 is 5.60 Å². The van der Waals surface area contributed by atoms with Crippen LogP contribution >= 0.6 is 0 Å². The molecule has 1 aliphatic heterocycles. The Morgan fingerprint density at radius 3 is 2.55 bits per heavy atom. The first kappa shape index (κ1) is 26.1. The summed E-state index contributed by atoms with van der Waals surface area (Å²) in [7, 11) is 0. The first-order valence-corrected chi connectivity index (χ1v) is 13.5. The highest BCUT2D eigenvalue weighted by Gasteiger charge is 2.37. The molecule has 3 aromatic heterocycles. The molecular weight excluding hydrogens is 517 g/mol. The van der Waals surface area contributed by atoms with Crippen molar-refractivity contribution in [1.29, 1.82) is 0 Å². The summed E-state index contributed by atoms with van der Waals surface area (Å²) in [5, 5.41) is 23.7. The maximum absolute atomic E-state index is 13.3. The molecule has 0 atom stereocenters. The molecule has 0 bridgehead atoms. The van der Waals surface area contributed by atoms with E-state index >= 15 is 0 Å². The largest absolute Gasteiger partial charge is 0.473 e. The zero-order valence-corrected chi connectivity index (χ0v) is 21.9. The Kier molecular flexibility index (Phi) is 7.01. The van der Waals surface area contributed by atoms with Crippen LogP contribution in [0.25, 0.3) is 16.7 Å². The fourth-order valence-electron chi connectivity index (χ4n) is 5.66. The number of amides is 1. The molecule has 40 heavy (non-hydrogen) atoms. The third-order valence-corrected chi connectivity index (χ3v) is 7.95. The summed E-state index contributed by atoms with van der Waals surface area (Å²) in [6.07, 6.45) is 8.25. The topological polar surface area (TPSA) is 128 Å². The van der Waals surface area contributed by atoms with E-state index in [1.807, 2.05) is 4.90 Å². The van der Waals surface area contributed by atoms with Gasteiger partial charge in [0.15, 0.2) is 5.65 Å². The van der Waals surface area contributed by atoms with Crippen LogP contribution in [0.15, 0.2) is 59.9 Å². The molecular formula is C28H30FN7O4. The van der Waals surface area contributed by atoms with Gasteiger partial charge in [-0.25, -0.2) is 14.1 Å². The second kappa shape index (κ2) is 10.8. The second-order valence-electron chi connectivity index (χ2n) is 10.7. The number of hydrogen-bond acceptors (Lipinski definition) is 8. The molecule has 1 aromatic carbocycles. The van der Waals surface area contributed by atoms with Crippen LogP contribution in [-0.4, -0.2) is 70.2 Å². The number of benzene rings is 1. The number of aromatic nitrogens is 6. The number of carbonyl (C=O) groups is 1. The van der Waals surface area contributed by atoms with Crippen molar-refractivity contribution >= 4 is 16.9 Å². The third kappa shape index (κ3) is 5.31. The van der Waals surface area contributed by atoms with Gasteiger partial charge >= 0.3 is 0 Å². The minimum atomic E-state index is -1.13. The SMILES string of the molecule is O=c1c2cnn(-c3ccc(F)cc3)c2ncn1CC1(O)CCN(C(=O)[C@H]2CC[C@H](Oc3cccnn3)CC2)CC1. The normalized spacial score (nSPS) is 20.9. The first-order valence-electron chi connectivity index (χ1n) is 13.5. The number of rotatable bonds is 6. The Morgan fingerprint density at radius 2 is 1.85 bits per heavy atom. The number of fused-ring (bicyclic) bond motifs is 1. The van der Waals surface area contributed by atoms with Gasteiger partial charge in [-0.15, -0.1) is 5.10 Å². The van der Waals surface area contributed by atoms with Crippen molar-refractivity contribution < 1.29 is 19.0 Å². The second-order valence-corrected chi connectivity index (χ2v) is 10.7. The van der Waals surface area contributed by atoms with E-state index in [1.165, 1.54) is 33.9 Å². The van der Waals surface area contributed by atoms with Gasteiger partial charge in [-0.3, -0.25) is 14.2 Å². The number of likely N-dealkylation sites (tertiary alicyclic amines) is 1. The van der Waals surface area contributed by atoms with Crippen molar-refractivity contribution in [2.24, 2.45) is 5.92 Å². The Balaban J connectivity index is 1.05. The Labute approximate surface area is 229 Å². The molecule has 12 heteroatoms. The molecule has 4 aromatic rings. The summed E-state index contributed by atoms with van der Waals surface area (Å²) < 4.78 is 22.1. The van der Waals surface area contributed by atoms with E-state index in [-0.39, 0.29) is 35.9 Å². The minimum absolute atomic E-state index is 0.0271. The fourth-order valence-corrected chi connectivity index (χ4v) is 5.66. The van der Waals surface area contributed by atoms with Crippen molar-refractivity contribution in [3.05, 3.63) is 71.3 Å². The van der Waals surface area contributed by atoms with Gasteiger partial charge in [0, 0.05) is 31.3 Å². The smallest absolute Gasteiger partial charge is 0.264 e. The highest BCUT2D eigenvalue weighted by Crippen LogP contribution is 2.31. The number of ether oxygens (including phenoxy) is 1.